The average Bonchev–Trinajstić information content (AvgIpc) is 2.79. The summed E-state index contributed by atoms with van der Waals surface area (Å²) in [5.74, 6) is -0.372. The second-order valence-electron chi connectivity index (χ2n) is 6.93. The van der Waals surface area contributed by atoms with Crippen molar-refractivity contribution in [3.63, 3.8) is 0 Å². The van der Waals surface area contributed by atoms with Gasteiger partial charge in [-0.05, 0) is 43.3 Å². The number of nitrogens with one attached hydrogen (secondary N) is 1. The molecule has 172 valence electrons. The highest BCUT2D eigenvalue weighted by Gasteiger charge is 2.29. The predicted molar refractivity (Wildman–Crippen MR) is 131 cm³/mol. The van der Waals surface area contributed by atoms with Crippen LogP contribution in [0, 0.1) is 6.92 Å². The summed E-state index contributed by atoms with van der Waals surface area (Å²) < 4.78 is 33.2. The maximum absolute atomic E-state index is 13.4. The van der Waals surface area contributed by atoms with Crippen LogP contribution in [-0.2, 0) is 14.8 Å². The van der Waals surface area contributed by atoms with E-state index in [2.05, 4.69) is 10.5 Å². The van der Waals surface area contributed by atoms with E-state index in [0.29, 0.717) is 21.4 Å². The summed E-state index contributed by atoms with van der Waals surface area (Å²) in [5, 5.41) is 4.59. The van der Waals surface area contributed by atoms with Crippen molar-refractivity contribution in [2.45, 2.75) is 11.8 Å². The molecular weight excluding hydrogens is 485 g/mol. The van der Waals surface area contributed by atoms with Gasteiger partial charge in [0.2, 0.25) is 0 Å². The molecule has 0 aliphatic carbocycles. The Morgan fingerprint density at radius 2 is 1.67 bits per heavy atom. The quantitative estimate of drug-likeness (QED) is 0.356. The fourth-order valence-corrected chi connectivity index (χ4v) is 4.87. The first-order valence-electron chi connectivity index (χ1n) is 9.72. The number of nitrogens with zero attached hydrogens (tertiary/aromatic N) is 2. The standard InChI is InChI=1S/C23H21Cl2N3O4S/c1-16-10-12-17(13-11-16)33(30,31)28(21-8-3-4-9-22(21)32-2)15-23(29)27-26-14-18-19(24)6-5-7-20(18)25/h3-14H,15H2,1-2H3,(H,27,29)/b26-14-. The van der Waals surface area contributed by atoms with Gasteiger partial charge in [0.15, 0.2) is 0 Å². The molecular formula is C23H21Cl2N3O4S. The lowest BCUT2D eigenvalue weighted by molar-refractivity contribution is -0.119. The molecule has 0 unspecified atom stereocenters. The third kappa shape index (κ3) is 5.84. The number of hydrogen-bond acceptors (Lipinski definition) is 5. The van der Waals surface area contributed by atoms with Crippen LogP contribution in [0.15, 0.2) is 76.7 Å². The molecule has 0 heterocycles. The van der Waals surface area contributed by atoms with Crippen LogP contribution in [0.5, 0.6) is 5.75 Å². The van der Waals surface area contributed by atoms with E-state index >= 15 is 0 Å². The highest BCUT2D eigenvalue weighted by atomic mass is 35.5. The van der Waals surface area contributed by atoms with E-state index in [1.165, 1.54) is 25.5 Å². The number of aryl methyl sites for hydroxylation is 1. The number of hydrogen-bond donors (Lipinski definition) is 1. The first-order valence-corrected chi connectivity index (χ1v) is 11.9. The number of carbonyl (C=O) groups is 1. The van der Waals surface area contributed by atoms with E-state index in [9.17, 15) is 13.2 Å². The average molecular weight is 506 g/mol. The van der Waals surface area contributed by atoms with Crippen LogP contribution in [0.25, 0.3) is 0 Å². The highest BCUT2D eigenvalue weighted by molar-refractivity contribution is 7.92. The molecule has 0 aliphatic rings. The van der Waals surface area contributed by atoms with Gasteiger partial charge in [0.25, 0.3) is 15.9 Å². The van der Waals surface area contributed by atoms with Crippen molar-refractivity contribution in [2.24, 2.45) is 5.10 Å². The number of anilines is 1. The van der Waals surface area contributed by atoms with Crippen molar-refractivity contribution >= 4 is 51.0 Å². The van der Waals surface area contributed by atoms with Crippen molar-refractivity contribution in [3.8, 4) is 5.75 Å². The van der Waals surface area contributed by atoms with Crippen LogP contribution < -0.4 is 14.5 Å². The molecule has 0 saturated heterocycles. The number of rotatable bonds is 8. The van der Waals surface area contributed by atoms with Gasteiger partial charge in [0, 0.05) is 5.56 Å². The number of para-hydroxylation sites is 2. The summed E-state index contributed by atoms with van der Waals surface area (Å²) >= 11 is 12.2. The molecule has 0 radical (unpaired) electrons. The molecule has 1 N–H and O–H groups in total. The van der Waals surface area contributed by atoms with Crippen LogP contribution in [-0.4, -0.2) is 34.2 Å². The lowest BCUT2D eigenvalue weighted by atomic mass is 10.2. The first-order chi connectivity index (χ1) is 15.7. The largest absolute Gasteiger partial charge is 0.495 e. The van der Waals surface area contributed by atoms with Gasteiger partial charge in [0.05, 0.1) is 34.0 Å². The molecule has 1 amide bonds. The van der Waals surface area contributed by atoms with Crippen LogP contribution >= 0.6 is 23.2 Å². The lowest BCUT2D eigenvalue weighted by Gasteiger charge is -2.25. The molecule has 0 aliphatic heterocycles. The van der Waals surface area contributed by atoms with Gasteiger partial charge in [-0.1, -0.05) is 59.1 Å². The van der Waals surface area contributed by atoms with Crippen LogP contribution in [0.3, 0.4) is 0 Å². The second-order valence-corrected chi connectivity index (χ2v) is 9.60. The van der Waals surface area contributed by atoms with Gasteiger partial charge in [-0.2, -0.15) is 5.10 Å². The molecule has 7 nitrogen and oxygen atoms in total. The molecule has 0 fully saturated rings. The minimum absolute atomic E-state index is 0.0400. The number of amides is 1. The predicted octanol–water partition coefficient (Wildman–Crippen LogP) is 4.66. The van der Waals surface area contributed by atoms with Gasteiger partial charge >= 0.3 is 0 Å². The number of halogens is 2. The van der Waals surface area contributed by atoms with Crippen LogP contribution in [0.4, 0.5) is 5.69 Å². The van der Waals surface area contributed by atoms with Crippen LogP contribution in [0.1, 0.15) is 11.1 Å². The van der Waals surface area contributed by atoms with E-state index in [0.717, 1.165) is 9.87 Å². The van der Waals surface area contributed by atoms with Gasteiger partial charge in [-0.25, -0.2) is 13.8 Å². The van der Waals surface area contributed by atoms with Crippen LogP contribution in [0.2, 0.25) is 10.0 Å². The zero-order chi connectivity index (χ0) is 24.0. The highest BCUT2D eigenvalue weighted by Crippen LogP contribution is 2.32. The molecule has 0 atom stereocenters. The number of sulfonamides is 1. The monoisotopic (exact) mass is 505 g/mol. The summed E-state index contributed by atoms with van der Waals surface area (Å²) in [6.07, 6.45) is 1.30. The maximum Gasteiger partial charge on any atom is 0.264 e. The normalized spacial score (nSPS) is 11.4. The smallest absolute Gasteiger partial charge is 0.264 e. The molecule has 3 aromatic carbocycles. The second kappa shape index (κ2) is 10.7. The van der Waals surface area contributed by atoms with Gasteiger partial charge in [0.1, 0.15) is 12.3 Å². The van der Waals surface area contributed by atoms with Crippen molar-refractivity contribution < 1.29 is 17.9 Å². The summed E-state index contributed by atoms with van der Waals surface area (Å²) in [6.45, 7) is 1.31. The number of methoxy groups -OCH3 is 1. The molecule has 0 bridgehead atoms. The molecule has 33 heavy (non-hydrogen) atoms. The van der Waals surface area contributed by atoms with Crippen molar-refractivity contribution in [3.05, 3.63) is 87.9 Å². The molecule has 0 aromatic heterocycles. The Morgan fingerprint density at radius 3 is 2.30 bits per heavy atom. The fraction of sp³-hybridized carbons (Fsp3) is 0.130. The lowest BCUT2D eigenvalue weighted by Crippen LogP contribution is -2.39. The van der Waals surface area contributed by atoms with Crippen molar-refractivity contribution in [1.29, 1.82) is 0 Å². The molecule has 0 spiro atoms. The Balaban J connectivity index is 1.91. The summed E-state index contributed by atoms with van der Waals surface area (Å²) in [6, 6.07) is 17.8. The number of ether oxygens (including phenoxy) is 1. The SMILES string of the molecule is COc1ccccc1N(CC(=O)N/N=C\c1c(Cl)cccc1Cl)S(=O)(=O)c1ccc(C)cc1. The minimum atomic E-state index is -4.09. The number of hydrazone groups is 1. The number of carbonyl (C=O) groups excluding carboxylic acids is 1. The van der Waals surface area contributed by atoms with E-state index in [1.807, 2.05) is 6.92 Å². The Morgan fingerprint density at radius 1 is 1.03 bits per heavy atom. The fourth-order valence-electron chi connectivity index (χ4n) is 2.94. The molecule has 3 rings (SSSR count). The zero-order valence-electron chi connectivity index (χ0n) is 17.8. The van der Waals surface area contributed by atoms with Crippen molar-refractivity contribution in [2.75, 3.05) is 18.0 Å². The third-order valence-electron chi connectivity index (χ3n) is 4.63. The Kier molecular flexibility index (Phi) is 7.97. The summed E-state index contributed by atoms with van der Waals surface area (Å²) in [4.78, 5) is 12.7. The first kappa shape index (κ1) is 24.6. The van der Waals surface area contributed by atoms with Gasteiger partial charge in [-0.15, -0.1) is 0 Å². The Hall–Kier alpha value is -3.07. The number of benzene rings is 3. The summed E-state index contributed by atoms with van der Waals surface area (Å²) in [5.41, 5.74) is 3.87. The maximum atomic E-state index is 13.4. The van der Waals surface area contributed by atoms with E-state index < -0.39 is 22.5 Å². The van der Waals surface area contributed by atoms with E-state index in [-0.39, 0.29) is 10.6 Å². The topological polar surface area (TPSA) is 88.1 Å². The summed E-state index contributed by atoms with van der Waals surface area (Å²) in [7, 11) is -2.67. The third-order valence-corrected chi connectivity index (χ3v) is 7.07. The Labute approximate surface area is 202 Å². The van der Waals surface area contributed by atoms with E-state index in [1.54, 1.807) is 54.6 Å². The Bertz CT molecular complexity index is 1260. The van der Waals surface area contributed by atoms with Gasteiger partial charge in [-0.3, -0.25) is 9.10 Å². The van der Waals surface area contributed by atoms with Crippen molar-refractivity contribution in [1.82, 2.24) is 5.43 Å². The van der Waals surface area contributed by atoms with Gasteiger partial charge < -0.3 is 4.74 Å². The zero-order valence-corrected chi connectivity index (χ0v) is 20.2. The minimum Gasteiger partial charge on any atom is -0.495 e. The molecule has 10 heteroatoms. The molecule has 0 saturated carbocycles. The molecule has 3 aromatic rings. The van der Waals surface area contributed by atoms with E-state index in [4.69, 9.17) is 27.9 Å².